The van der Waals surface area contributed by atoms with Crippen molar-refractivity contribution < 1.29 is 19.4 Å². The van der Waals surface area contributed by atoms with Crippen molar-refractivity contribution in [2.45, 2.75) is 84.7 Å². The second kappa shape index (κ2) is 6.86. The third kappa shape index (κ3) is 2.97. The first-order valence-corrected chi connectivity index (χ1v) is 11.1. The molecule has 0 aromatic heterocycles. The van der Waals surface area contributed by atoms with E-state index in [9.17, 15) is 14.7 Å². The number of carbonyl (C=O) groups excluding carboxylic acids is 2. The van der Waals surface area contributed by atoms with Crippen LogP contribution in [0.15, 0.2) is 0 Å². The van der Waals surface area contributed by atoms with Gasteiger partial charge in [-0.25, -0.2) is 0 Å². The molecule has 0 radical (unpaired) electrons. The van der Waals surface area contributed by atoms with Crippen LogP contribution in [0.4, 0.5) is 0 Å². The summed E-state index contributed by atoms with van der Waals surface area (Å²) in [6.45, 7) is 6.08. The molecule has 152 valence electrons. The maximum absolute atomic E-state index is 12.4. The maximum Gasteiger partial charge on any atom is 0.302 e. The van der Waals surface area contributed by atoms with Crippen LogP contribution in [0.1, 0.15) is 78.6 Å². The van der Waals surface area contributed by atoms with Gasteiger partial charge in [-0.2, -0.15) is 0 Å². The summed E-state index contributed by atoms with van der Waals surface area (Å²) in [4.78, 5) is 23.7. The quantitative estimate of drug-likeness (QED) is 0.752. The molecule has 0 aliphatic heterocycles. The highest BCUT2D eigenvalue weighted by molar-refractivity contribution is 5.83. The Morgan fingerprint density at radius 2 is 1.67 bits per heavy atom. The van der Waals surface area contributed by atoms with E-state index in [1.54, 1.807) is 0 Å². The number of esters is 1. The van der Waals surface area contributed by atoms with Gasteiger partial charge < -0.3 is 9.84 Å². The molecule has 4 aliphatic carbocycles. The summed E-state index contributed by atoms with van der Waals surface area (Å²) in [5.74, 6) is 2.77. The molecule has 27 heavy (non-hydrogen) atoms. The van der Waals surface area contributed by atoms with Crippen molar-refractivity contribution in [1.29, 1.82) is 0 Å². The monoisotopic (exact) mass is 376 g/mol. The zero-order valence-corrected chi connectivity index (χ0v) is 17.2. The molecular formula is C23H36O4. The van der Waals surface area contributed by atoms with Crippen LogP contribution in [0, 0.1) is 40.4 Å². The van der Waals surface area contributed by atoms with Crippen molar-refractivity contribution in [2.24, 2.45) is 40.4 Å². The second-order valence-corrected chi connectivity index (χ2v) is 10.5. The van der Waals surface area contributed by atoms with E-state index in [2.05, 4.69) is 13.8 Å². The molecule has 4 rings (SSSR count). The Balaban J connectivity index is 1.53. The van der Waals surface area contributed by atoms with Gasteiger partial charge in [-0.05, 0) is 92.3 Å². The Bertz CT molecular complexity index is 615. The van der Waals surface area contributed by atoms with Crippen molar-refractivity contribution in [1.82, 2.24) is 0 Å². The molecule has 0 aromatic carbocycles. The van der Waals surface area contributed by atoms with Gasteiger partial charge in [0, 0.05) is 12.8 Å². The van der Waals surface area contributed by atoms with Gasteiger partial charge >= 0.3 is 5.97 Å². The summed E-state index contributed by atoms with van der Waals surface area (Å²) in [6, 6.07) is 0. The summed E-state index contributed by atoms with van der Waals surface area (Å²) in [6.07, 6.45) is 10.3. The number of carbonyl (C=O) groups is 2. The van der Waals surface area contributed by atoms with Crippen LogP contribution in [-0.2, 0) is 14.3 Å². The lowest BCUT2D eigenvalue weighted by Gasteiger charge is -2.61. The molecule has 8 atom stereocenters. The zero-order chi connectivity index (χ0) is 19.4. The highest BCUT2D eigenvalue weighted by Gasteiger charge is 2.61. The molecule has 0 saturated heterocycles. The zero-order valence-electron chi connectivity index (χ0n) is 17.2. The molecule has 1 N–H and O–H groups in total. The van der Waals surface area contributed by atoms with Crippen molar-refractivity contribution in [2.75, 3.05) is 6.61 Å². The first-order valence-electron chi connectivity index (χ1n) is 11.1. The third-order valence-electron chi connectivity index (χ3n) is 9.49. The smallest absolute Gasteiger partial charge is 0.302 e. The minimum absolute atomic E-state index is 0.0682. The van der Waals surface area contributed by atoms with E-state index in [1.807, 2.05) is 0 Å². The predicted octanol–water partition coefficient (Wildman–Crippen LogP) is 4.14. The van der Waals surface area contributed by atoms with Crippen LogP contribution in [0.2, 0.25) is 0 Å². The topological polar surface area (TPSA) is 63.6 Å². The summed E-state index contributed by atoms with van der Waals surface area (Å²) in [7, 11) is 0. The van der Waals surface area contributed by atoms with Crippen LogP contribution in [0.25, 0.3) is 0 Å². The molecular weight excluding hydrogens is 340 g/mol. The van der Waals surface area contributed by atoms with E-state index < -0.39 is 0 Å². The number of Topliss-reactive ketones (excluding diaryl/α,β-unsaturated/α-hetero) is 1. The molecule has 0 bridgehead atoms. The molecule has 0 heterocycles. The first kappa shape index (κ1) is 19.4. The fourth-order valence-corrected chi connectivity index (χ4v) is 8.20. The lowest BCUT2D eigenvalue weighted by Crippen LogP contribution is -2.54. The van der Waals surface area contributed by atoms with E-state index in [1.165, 1.54) is 32.6 Å². The van der Waals surface area contributed by atoms with Gasteiger partial charge in [-0.1, -0.05) is 13.8 Å². The number of ether oxygens (including phenoxy) is 1. The number of fused-ring (bicyclic) bond motifs is 5. The van der Waals surface area contributed by atoms with Crippen molar-refractivity contribution in [3.63, 3.8) is 0 Å². The minimum atomic E-state index is -0.293. The highest BCUT2D eigenvalue weighted by atomic mass is 16.5. The number of aliphatic hydroxyl groups is 1. The molecule has 4 heteroatoms. The largest absolute Gasteiger partial charge is 0.463 e. The number of hydrogen-bond donors (Lipinski definition) is 1. The molecule has 4 saturated carbocycles. The third-order valence-corrected chi connectivity index (χ3v) is 9.49. The van der Waals surface area contributed by atoms with Crippen LogP contribution in [0.3, 0.4) is 0 Å². The van der Waals surface area contributed by atoms with Gasteiger partial charge in [0.1, 0.15) is 12.7 Å². The van der Waals surface area contributed by atoms with Gasteiger partial charge in [0.2, 0.25) is 0 Å². The van der Waals surface area contributed by atoms with E-state index in [-0.39, 0.29) is 35.8 Å². The summed E-state index contributed by atoms with van der Waals surface area (Å²) in [5, 5.41) is 9.43. The SMILES string of the molecule is CC(=O)O[C@H]1CC[C@@]2(C)[C@H](CC[C@@H]3[C@@H]2CC[C@]2(C)[C@@H](C(=O)CO)CC[C@@H]32)C1. The number of hydrogen-bond acceptors (Lipinski definition) is 4. The molecule has 0 aromatic rings. The molecule has 0 amide bonds. The van der Waals surface area contributed by atoms with Crippen molar-refractivity contribution in [3.05, 3.63) is 0 Å². The van der Waals surface area contributed by atoms with Crippen molar-refractivity contribution in [3.8, 4) is 0 Å². The Hall–Kier alpha value is -0.900. The highest BCUT2D eigenvalue weighted by Crippen LogP contribution is 2.67. The fraction of sp³-hybridized carbons (Fsp3) is 0.913. The van der Waals surface area contributed by atoms with Gasteiger partial charge in [0.25, 0.3) is 0 Å². The Morgan fingerprint density at radius 3 is 2.37 bits per heavy atom. The number of rotatable bonds is 3. The van der Waals surface area contributed by atoms with Crippen LogP contribution < -0.4 is 0 Å². The average molecular weight is 377 g/mol. The average Bonchev–Trinajstić information content (AvgIpc) is 2.98. The Kier molecular flexibility index (Phi) is 4.93. The lowest BCUT2D eigenvalue weighted by molar-refractivity contribution is -0.161. The number of ketones is 1. The molecule has 4 nitrogen and oxygen atoms in total. The van der Waals surface area contributed by atoms with Gasteiger partial charge in [-0.15, -0.1) is 0 Å². The lowest BCUT2D eigenvalue weighted by atomic mass is 9.44. The molecule has 0 unspecified atom stereocenters. The van der Waals surface area contributed by atoms with E-state index in [0.29, 0.717) is 17.3 Å². The molecule has 4 aliphatic rings. The fourth-order valence-electron chi connectivity index (χ4n) is 8.20. The van der Waals surface area contributed by atoms with Crippen LogP contribution in [0.5, 0.6) is 0 Å². The minimum Gasteiger partial charge on any atom is -0.463 e. The van der Waals surface area contributed by atoms with Crippen LogP contribution in [-0.4, -0.2) is 29.6 Å². The van der Waals surface area contributed by atoms with E-state index >= 15 is 0 Å². The van der Waals surface area contributed by atoms with E-state index in [4.69, 9.17) is 4.74 Å². The Morgan fingerprint density at radius 1 is 0.963 bits per heavy atom. The predicted molar refractivity (Wildman–Crippen MR) is 103 cm³/mol. The maximum atomic E-state index is 12.4. The Labute approximate surface area is 163 Å². The van der Waals surface area contributed by atoms with Gasteiger partial charge in [0.05, 0.1) is 0 Å². The molecule has 0 spiro atoms. The van der Waals surface area contributed by atoms with Crippen LogP contribution >= 0.6 is 0 Å². The summed E-state index contributed by atoms with van der Waals surface area (Å²) >= 11 is 0. The normalized spacial score (nSPS) is 48.9. The van der Waals surface area contributed by atoms with E-state index in [0.717, 1.165) is 43.9 Å². The summed E-state index contributed by atoms with van der Waals surface area (Å²) in [5.41, 5.74) is 0.457. The second-order valence-electron chi connectivity index (χ2n) is 10.5. The van der Waals surface area contributed by atoms with Gasteiger partial charge in [-0.3, -0.25) is 9.59 Å². The standard InChI is InChI=1S/C23H36O4/c1-14(25)27-16-8-10-22(2)15(12-16)4-5-17-18-6-7-20(21(26)13-24)23(18,3)11-9-19(17)22/h15-20,24H,4-13H2,1-3H3/t15-,16+,17+,18+,19+,20-,22+,23+/m1/s1. The summed E-state index contributed by atoms with van der Waals surface area (Å²) < 4.78 is 5.56. The van der Waals surface area contributed by atoms with Crippen molar-refractivity contribution >= 4 is 11.8 Å². The molecule has 4 fully saturated rings. The first-order chi connectivity index (χ1) is 12.8. The van der Waals surface area contributed by atoms with Gasteiger partial charge in [0.15, 0.2) is 5.78 Å². The number of aliphatic hydroxyl groups excluding tert-OH is 1.